The molecule has 1 N–H and O–H groups in total. The normalized spacial score (nSPS) is 10.6. The summed E-state index contributed by atoms with van der Waals surface area (Å²) in [4.78, 5) is 12.2. The maximum absolute atomic E-state index is 12.2. The minimum absolute atomic E-state index is 0.0675. The van der Waals surface area contributed by atoms with Gasteiger partial charge < -0.3 is 5.32 Å². The van der Waals surface area contributed by atoms with Crippen molar-refractivity contribution in [1.29, 1.82) is 0 Å². The number of benzene rings is 1. The number of carbonyl (C=O) groups is 1. The molecule has 0 aliphatic heterocycles. The summed E-state index contributed by atoms with van der Waals surface area (Å²) >= 11 is 5.91. The molecule has 0 fully saturated rings. The van der Waals surface area contributed by atoms with Crippen LogP contribution in [0.25, 0.3) is 5.69 Å². The van der Waals surface area contributed by atoms with Gasteiger partial charge in [0.1, 0.15) is 0 Å². The van der Waals surface area contributed by atoms with Crippen molar-refractivity contribution in [3.8, 4) is 5.69 Å². The summed E-state index contributed by atoms with van der Waals surface area (Å²) in [6.07, 6.45) is 0.732. The molecule has 1 aromatic carbocycles. The second-order valence-corrected chi connectivity index (χ2v) is 4.94. The van der Waals surface area contributed by atoms with Gasteiger partial charge in [-0.3, -0.25) is 4.79 Å². The molecule has 0 radical (unpaired) electrons. The summed E-state index contributed by atoms with van der Waals surface area (Å²) < 4.78 is 1.82. The molecule has 1 amide bonds. The Morgan fingerprint density at radius 1 is 1.30 bits per heavy atom. The van der Waals surface area contributed by atoms with Gasteiger partial charge in [0, 0.05) is 11.6 Å². The number of nitrogens with zero attached hydrogens (tertiary/aromatic N) is 2. The zero-order valence-corrected chi connectivity index (χ0v) is 12.7. The number of nitrogens with one attached hydrogen (secondary N) is 1. The van der Waals surface area contributed by atoms with Crippen molar-refractivity contribution >= 4 is 17.5 Å². The van der Waals surface area contributed by atoms with E-state index in [1.165, 1.54) is 0 Å². The molecule has 0 aliphatic rings. The van der Waals surface area contributed by atoms with Crippen LogP contribution in [0.5, 0.6) is 0 Å². The Labute approximate surface area is 123 Å². The first kappa shape index (κ1) is 14.6. The SMILES string of the molecule is CCNC(=O)c1c(C)nn(-c2ccc(Cl)cc2)c1CC. The van der Waals surface area contributed by atoms with Gasteiger partial charge in [0.15, 0.2) is 0 Å². The van der Waals surface area contributed by atoms with E-state index in [-0.39, 0.29) is 5.91 Å². The third-order valence-corrected chi connectivity index (χ3v) is 3.38. The van der Waals surface area contributed by atoms with Crippen LogP contribution in [0, 0.1) is 6.92 Å². The van der Waals surface area contributed by atoms with Crippen LogP contribution in [0.4, 0.5) is 0 Å². The van der Waals surface area contributed by atoms with Crippen LogP contribution < -0.4 is 5.32 Å². The molecule has 0 atom stereocenters. The third kappa shape index (κ3) is 2.70. The molecule has 0 saturated carbocycles. The first-order chi connectivity index (χ1) is 9.58. The lowest BCUT2D eigenvalue weighted by Gasteiger charge is -2.08. The zero-order valence-electron chi connectivity index (χ0n) is 11.9. The fraction of sp³-hybridized carbons (Fsp3) is 0.333. The molecule has 0 unspecified atom stereocenters. The van der Waals surface area contributed by atoms with E-state index in [0.29, 0.717) is 17.1 Å². The van der Waals surface area contributed by atoms with Crippen LogP contribution >= 0.6 is 11.6 Å². The van der Waals surface area contributed by atoms with E-state index in [2.05, 4.69) is 10.4 Å². The number of hydrogen-bond donors (Lipinski definition) is 1. The largest absolute Gasteiger partial charge is 0.352 e. The monoisotopic (exact) mass is 291 g/mol. The number of carbonyl (C=O) groups excluding carboxylic acids is 1. The van der Waals surface area contributed by atoms with Crippen molar-refractivity contribution in [2.24, 2.45) is 0 Å². The lowest BCUT2D eigenvalue weighted by atomic mass is 10.1. The second kappa shape index (κ2) is 6.09. The molecule has 4 nitrogen and oxygen atoms in total. The van der Waals surface area contributed by atoms with Gasteiger partial charge in [-0.15, -0.1) is 0 Å². The van der Waals surface area contributed by atoms with Crippen molar-refractivity contribution in [3.63, 3.8) is 0 Å². The van der Waals surface area contributed by atoms with E-state index in [0.717, 1.165) is 23.5 Å². The molecule has 0 bridgehead atoms. The lowest BCUT2D eigenvalue weighted by Crippen LogP contribution is -2.24. The highest BCUT2D eigenvalue weighted by Crippen LogP contribution is 2.20. The summed E-state index contributed by atoms with van der Waals surface area (Å²) in [6.45, 7) is 6.39. The number of amides is 1. The van der Waals surface area contributed by atoms with Gasteiger partial charge in [-0.2, -0.15) is 5.10 Å². The van der Waals surface area contributed by atoms with Gasteiger partial charge in [-0.05, 0) is 44.5 Å². The Balaban J connectivity index is 2.52. The van der Waals surface area contributed by atoms with Gasteiger partial charge in [-0.25, -0.2) is 4.68 Å². The Hall–Kier alpha value is -1.81. The molecular weight excluding hydrogens is 274 g/mol. The second-order valence-electron chi connectivity index (χ2n) is 4.51. The van der Waals surface area contributed by atoms with Gasteiger partial charge in [0.25, 0.3) is 5.91 Å². The number of rotatable bonds is 4. The minimum atomic E-state index is -0.0675. The summed E-state index contributed by atoms with van der Waals surface area (Å²) in [5.74, 6) is -0.0675. The van der Waals surface area contributed by atoms with Crippen molar-refractivity contribution in [1.82, 2.24) is 15.1 Å². The van der Waals surface area contributed by atoms with E-state index >= 15 is 0 Å². The Bertz CT molecular complexity index is 617. The van der Waals surface area contributed by atoms with Crippen LogP contribution in [-0.2, 0) is 6.42 Å². The molecule has 0 saturated heterocycles. The average molecular weight is 292 g/mol. The first-order valence-corrected chi connectivity index (χ1v) is 7.08. The van der Waals surface area contributed by atoms with Crippen LogP contribution in [0.2, 0.25) is 5.02 Å². The maximum Gasteiger partial charge on any atom is 0.255 e. The van der Waals surface area contributed by atoms with Crippen molar-refractivity contribution < 1.29 is 4.79 Å². The molecule has 2 aromatic rings. The smallest absolute Gasteiger partial charge is 0.255 e. The molecule has 2 rings (SSSR count). The highest BCUT2D eigenvalue weighted by Gasteiger charge is 2.20. The molecule has 20 heavy (non-hydrogen) atoms. The van der Waals surface area contributed by atoms with Gasteiger partial charge in [0.05, 0.1) is 22.6 Å². The highest BCUT2D eigenvalue weighted by molar-refractivity contribution is 6.30. The maximum atomic E-state index is 12.2. The molecule has 1 aromatic heterocycles. The Morgan fingerprint density at radius 2 is 1.95 bits per heavy atom. The third-order valence-electron chi connectivity index (χ3n) is 3.13. The summed E-state index contributed by atoms with van der Waals surface area (Å²) in [5, 5.41) is 8.02. The van der Waals surface area contributed by atoms with Gasteiger partial charge in [-0.1, -0.05) is 18.5 Å². The van der Waals surface area contributed by atoms with Gasteiger partial charge >= 0.3 is 0 Å². The molecule has 0 aliphatic carbocycles. The quantitative estimate of drug-likeness (QED) is 0.940. The van der Waals surface area contributed by atoms with E-state index in [9.17, 15) is 4.79 Å². The predicted molar refractivity (Wildman–Crippen MR) is 80.7 cm³/mol. The molecule has 106 valence electrons. The minimum Gasteiger partial charge on any atom is -0.352 e. The van der Waals surface area contributed by atoms with E-state index in [1.54, 1.807) is 0 Å². The Morgan fingerprint density at radius 3 is 2.50 bits per heavy atom. The number of hydrogen-bond acceptors (Lipinski definition) is 2. The zero-order chi connectivity index (χ0) is 14.7. The topological polar surface area (TPSA) is 46.9 Å². The molecular formula is C15H18ClN3O. The fourth-order valence-corrected chi connectivity index (χ4v) is 2.37. The van der Waals surface area contributed by atoms with Crippen LogP contribution in [0.1, 0.15) is 35.6 Å². The fourth-order valence-electron chi connectivity index (χ4n) is 2.24. The standard InChI is InChI=1S/C15H18ClN3O/c1-4-13-14(15(20)17-5-2)10(3)18-19(13)12-8-6-11(16)7-9-12/h6-9H,4-5H2,1-3H3,(H,17,20). The lowest BCUT2D eigenvalue weighted by molar-refractivity contribution is 0.0954. The predicted octanol–water partition coefficient (Wildman–Crippen LogP) is 3.15. The van der Waals surface area contributed by atoms with Crippen molar-refractivity contribution in [3.05, 3.63) is 46.2 Å². The van der Waals surface area contributed by atoms with Gasteiger partial charge in [0.2, 0.25) is 0 Å². The first-order valence-electron chi connectivity index (χ1n) is 6.71. The Kier molecular flexibility index (Phi) is 4.45. The summed E-state index contributed by atoms with van der Waals surface area (Å²) in [7, 11) is 0. The van der Waals surface area contributed by atoms with E-state index < -0.39 is 0 Å². The van der Waals surface area contributed by atoms with E-state index in [1.807, 2.05) is 49.7 Å². The highest BCUT2D eigenvalue weighted by atomic mass is 35.5. The number of aromatic nitrogens is 2. The molecule has 5 heteroatoms. The van der Waals surface area contributed by atoms with Crippen LogP contribution in [-0.4, -0.2) is 22.2 Å². The van der Waals surface area contributed by atoms with Crippen LogP contribution in [0.15, 0.2) is 24.3 Å². The molecule has 0 spiro atoms. The molecule has 1 heterocycles. The summed E-state index contributed by atoms with van der Waals surface area (Å²) in [6, 6.07) is 7.43. The van der Waals surface area contributed by atoms with Crippen LogP contribution in [0.3, 0.4) is 0 Å². The number of halogens is 1. The summed E-state index contributed by atoms with van der Waals surface area (Å²) in [5.41, 5.74) is 3.23. The average Bonchev–Trinajstić information content (AvgIpc) is 2.76. The van der Waals surface area contributed by atoms with Crippen molar-refractivity contribution in [2.45, 2.75) is 27.2 Å². The number of aryl methyl sites for hydroxylation is 1. The van der Waals surface area contributed by atoms with E-state index in [4.69, 9.17) is 11.6 Å². The van der Waals surface area contributed by atoms with Crippen molar-refractivity contribution in [2.75, 3.05) is 6.54 Å².